The molecule has 1 atom stereocenters. The molecule has 0 unspecified atom stereocenters. The summed E-state index contributed by atoms with van der Waals surface area (Å²) in [6.45, 7) is 3.42. The van der Waals surface area contributed by atoms with Gasteiger partial charge in [0, 0.05) is 5.56 Å². The van der Waals surface area contributed by atoms with Crippen LogP contribution < -0.4 is 5.32 Å². The average Bonchev–Trinajstić information content (AvgIpc) is 2.31. The molecule has 0 aromatic heterocycles. The van der Waals surface area contributed by atoms with E-state index < -0.39 is 23.7 Å². The van der Waals surface area contributed by atoms with E-state index in [4.69, 9.17) is 5.11 Å². The number of carbonyl (C=O) groups is 2. The van der Waals surface area contributed by atoms with Gasteiger partial charge >= 0.3 is 5.97 Å². The average molecular weight is 253 g/mol. The van der Waals surface area contributed by atoms with Crippen LogP contribution in [0.5, 0.6) is 0 Å². The van der Waals surface area contributed by atoms with Gasteiger partial charge in [0.25, 0.3) is 5.91 Å². The molecule has 4 nitrogen and oxygen atoms in total. The molecule has 0 spiro atoms. The molecule has 0 saturated heterocycles. The molecule has 0 aliphatic carbocycles. The predicted octanol–water partition coefficient (Wildman–Crippen LogP) is 2.12. The van der Waals surface area contributed by atoms with Crippen LogP contribution in [0.1, 0.15) is 35.7 Å². The molecule has 98 valence electrons. The Morgan fingerprint density at radius 3 is 2.61 bits per heavy atom. The van der Waals surface area contributed by atoms with Gasteiger partial charge in [0.15, 0.2) is 0 Å². The van der Waals surface area contributed by atoms with Crippen LogP contribution in [0.4, 0.5) is 4.39 Å². The van der Waals surface area contributed by atoms with Crippen molar-refractivity contribution in [3.05, 3.63) is 35.1 Å². The fourth-order valence-corrected chi connectivity index (χ4v) is 1.52. The van der Waals surface area contributed by atoms with E-state index in [2.05, 4.69) is 5.32 Å². The molecule has 0 aliphatic heterocycles. The molecule has 18 heavy (non-hydrogen) atoms. The summed E-state index contributed by atoms with van der Waals surface area (Å²) in [4.78, 5) is 22.6. The third kappa shape index (κ3) is 3.55. The highest BCUT2D eigenvalue weighted by molar-refractivity contribution is 5.96. The van der Waals surface area contributed by atoms with Gasteiger partial charge in [-0.1, -0.05) is 19.4 Å². The summed E-state index contributed by atoms with van der Waals surface area (Å²) >= 11 is 0. The summed E-state index contributed by atoms with van der Waals surface area (Å²) in [6, 6.07) is 3.13. The largest absolute Gasteiger partial charge is 0.480 e. The molecule has 2 N–H and O–H groups in total. The Bertz CT molecular complexity index is 460. The summed E-state index contributed by atoms with van der Waals surface area (Å²) in [7, 11) is 0. The minimum atomic E-state index is -1.09. The summed E-state index contributed by atoms with van der Waals surface area (Å²) in [5.74, 6) is -2.14. The molecule has 5 heteroatoms. The first-order valence-electron chi connectivity index (χ1n) is 5.75. The lowest BCUT2D eigenvalue weighted by molar-refractivity contribution is -0.139. The van der Waals surface area contributed by atoms with E-state index >= 15 is 0 Å². The zero-order valence-corrected chi connectivity index (χ0v) is 10.4. The molecule has 1 aromatic rings. The van der Waals surface area contributed by atoms with Crippen molar-refractivity contribution >= 4 is 11.9 Å². The van der Waals surface area contributed by atoms with Crippen LogP contribution >= 0.6 is 0 Å². The van der Waals surface area contributed by atoms with Crippen LogP contribution in [0.15, 0.2) is 18.2 Å². The molecule has 0 saturated carbocycles. The van der Waals surface area contributed by atoms with E-state index in [9.17, 15) is 14.0 Å². The number of halogens is 1. The molecule has 0 radical (unpaired) electrons. The van der Waals surface area contributed by atoms with Gasteiger partial charge in [-0.25, -0.2) is 9.18 Å². The number of carbonyl (C=O) groups excluding carboxylic acids is 1. The number of aryl methyl sites for hydroxylation is 1. The van der Waals surface area contributed by atoms with E-state index in [-0.39, 0.29) is 5.56 Å². The molecule has 0 bridgehead atoms. The maximum atomic E-state index is 13.3. The van der Waals surface area contributed by atoms with Gasteiger partial charge in [-0.2, -0.15) is 0 Å². The van der Waals surface area contributed by atoms with Crippen LogP contribution in [0, 0.1) is 12.7 Å². The maximum absolute atomic E-state index is 13.3. The number of nitrogens with one attached hydrogen (secondary N) is 1. The van der Waals surface area contributed by atoms with Crippen molar-refractivity contribution in [1.29, 1.82) is 0 Å². The quantitative estimate of drug-likeness (QED) is 0.844. The van der Waals surface area contributed by atoms with Crippen molar-refractivity contribution < 1.29 is 19.1 Å². The maximum Gasteiger partial charge on any atom is 0.326 e. The highest BCUT2D eigenvalue weighted by atomic mass is 19.1. The lowest BCUT2D eigenvalue weighted by atomic mass is 10.1. The third-order valence-corrected chi connectivity index (χ3v) is 2.61. The van der Waals surface area contributed by atoms with Gasteiger partial charge in [-0.3, -0.25) is 4.79 Å². The molecular formula is C13H16FNO3. The fraction of sp³-hybridized carbons (Fsp3) is 0.385. The highest BCUT2D eigenvalue weighted by Gasteiger charge is 2.19. The zero-order chi connectivity index (χ0) is 13.7. The van der Waals surface area contributed by atoms with Crippen molar-refractivity contribution in [3.63, 3.8) is 0 Å². The smallest absolute Gasteiger partial charge is 0.326 e. The van der Waals surface area contributed by atoms with Crippen molar-refractivity contribution in [2.45, 2.75) is 32.7 Å². The Kier molecular flexibility index (Phi) is 4.83. The lowest BCUT2D eigenvalue weighted by Gasteiger charge is -2.13. The Labute approximate surface area is 105 Å². The Hall–Kier alpha value is -1.91. The second kappa shape index (κ2) is 6.14. The lowest BCUT2D eigenvalue weighted by Crippen LogP contribution is -2.40. The first-order chi connectivity index (χ1) is 8.45. The molecule has 1 aromatic carbocycles. The standard InChI is InChI=1S/C13H16FNO3/c1-3-4-11(13(17)18)15-12(16)9-6-5-8(2)10(14)7-9/h5-7,11H,3-4H2,1-2H3,(H,15,16)(H,17,18)/t11-/m0/s1. The Balaban J connectivity index is 2.80. The number of hydrogen-bond donors (Lipinski definition) is 2. The second-order valence-corrected chi connectivity index (χ2v) is 4.12. The van der Waals surface area contributed by atoms with Crippen molar-refractivity contribution in [2.75, 3.05) is 0 Å². The van der Waals surface area contributed by atoms with Crippen molar-refractivity contribution in [2.24, 2.45) is 0 Å². The number of rotatable bonds is 5. The molecule has 1 rings (SSSR count). The van der Waals surface area contributed by atoms with Gasteiger partial charge in [0.05, 0.1) is 0 Å². The van der Waals surface area contributed by atoms with Crippen LogP contribution in [0.3, 0.4) is 0 Å². The minimum Gasteiger partial charge on any atom is -0.480 e. The molecular weight excluding hydrogens is 237 g/mol. The molecule has 0 heterocycles. The van der Waals surface area contributed by atoms with Crippen LogP contribution in [0.25, 0.3) is 0 Å². The van der Waals surface area contributed by atoms with Crippen LogP contribution in [-0.4, -0.2) is 23.0 Å². The number of aliphatic carboxylic acids is 1. The Morgan fingerprint density at radius 2 is 2.11 bits per heavy atom. The van der Waals surface area contributed by atoms with E-state index in [1.807, 2.05) is 6.92 Å². The van der Waals surface area contributed by atoms with Gasteiger partial charge in [-0.05, 0) is 31.0 Å². The first kappa shape index (κ1) is 14.2. The van der Waals surface area contributed by atoms with E-state index in [1.54, 1.807) is 6.92 Å². The summed E-state index contributed by atoms with van der Waals surface area (Å²) in [5.41, 5.74) is 0.565. The minimum absolute atomic E-state index is 0.125. The van der Waals surface area contributed by atoms with Crippen LogP contribution in [0.2, 0.25) is 0 Å². The predicted molar refractivity (Wildman–Crippen MR) is 64.9 cm³/mol. The zero-order valence-electron chi connectivity index (χ0n) is 10.4. The first-order valence-corrected chi connectivity index (χ1v) is 5.75. The fourth-order valence-electron chi connectivity index (χ4n) is 1.52. The van der Waals surface area contributed by atoms with Gasteiger partial charge < -0.3 is 10.4 Å². The van der Waals surface area contributed by atoms with Crippen LogP contribution in [-0.2, 0) is 4.79 Å². The van der Waals surface area contributed by atoms with Crippen molar-refractivity contribution in [1.82, 2.24) is 5.32 Å². The van der Waals surface area contributed by atoms with Gasteiger partial charge in [0.1, 0.15) is 11.9 Å². The van der Waals surface area contributed by atoms with E-state index in [1.165, 1.54) is 12.1 Å². The number of benzene rings is 1. The molecule has 0 aliphatic rings. The number of carboxylic acid groups (broad SMARTS) is 1. The molecule has 1 amide bonds. The number of amides is 1. The highest BCUT2D eigenvalue weighted by Crippen LogP contribution is 2.09. The topological polar surface area (TPSA) is 66.4 Å². The summed E-state index contributed by atoms with van der Waals surface area (Å²) in [6.07, 6.45) is 0.981. The second-order valence-electron chi connectivity index (χ2n) is 4.12. The van der Waals surface area contributed by atoms with Gasteiger partial charge in [0.2, 0.25) is 0 Å². The van der Waals surface area contributed by atoms with Gasteiger partial charge in [-0.15, -0.1) is 0 Å². The Morgan fingerprint density at radius 1 is 1.44 bits per heavy atom. The summed E-state index contributed by atoms with van der Waals surface area (Å²) < 4.78 is 13.3. The van der Waals surface area contributed by atoms with E-state index in [0.29, 0.717) is 18.4 Å². The normalized spacial score (nSPS) is 11.9. The summed E-state index contributed by atoms with van der Waals surface area (Å²) in [5, 5.41) is 11.3. The van der Waals surface area contributed by atoms with Crippen molar-refractivity contribution in [3.8, 4) is 0 Å². The SMILES string of the molecule is CCC[C@H](NC(=O)c1ccc(C)c(F)c1)C(=O)O. The number of carboxylic acids is 1. The number of hydrogen-bond acceptors (Lipinski definition) is 2. The monoisotopic (exact) mass is 253 g/mol. The third-order valence-electron chi connectivity index (χ3n) is 2.61. The van der Waals surface area contributed by atoms with E-state index in [0.717, 1.165) is 6.07 Å². The molecule has 0 fully saturated rings.